The third-order valence-electron chi connectivity index (χ3n) is 3.23. The zero-order valence-corrected chi connectivity index (χ0v) is 12.8. The van der Waals surface area contributed by atoms with Gasteiger partial charge in [0.2, 0.25) is 5.91 Å². The summed E-state index contributed by atoms with van der Waals surface area (Å²) in [6.45, 7) is 6.79. The van der Waals surface area contributed by atoms with E-state index < -0.39 is 0 Å². The first-order valence-corrected chi connectivity index (χ1v) is 7.11. The van der Waals surface area contributed by atoms with Gasteiger partial charge in [-0.15, -0.1) is 0 Å². The van der Waals surface area contributed by atoms with Crippen molar-refractivity contribution in [3.05, 3.63) is 28.7 Å². The number of halogens is 1. The monoisotopic (exact) mass is 312 g/mol. The summed E-state index contributed by atoms with van der Waals surface area (Å²) >= 11 is 3.40. The van der Waals surface area contributed by atoms with Gasteiger partial charge in [-0.1, -0.05) is 32.4 Å². The number of hydrogen-bond acceptors (Lipinski definition) is 2. The van der Waals surface area contributed by atoms with Gasteiger partial charge in [-0.3, -0.25) is 4.79 Å². The fourth-order valence-corrected chi connectivity index (χ4v) is 1.95. The first-order valence-electron chi connectivity index (χ1n) is 6.32. The predicted octanol–water partition coefficient (Wildman–Crippen LogP) is 3.41. The van der Waals surface area contributed by atoms with Crippen molar-refractivity contribution in [1.82, 2.24) is 5.32 Å². The first-order chi connectivity index (χ1) is 8.54. The molecule has 0 aliphatic carbocycles. The number of nitrogens with one attached hydrogen (secondary N) is 2. The molecule has 0 aliphatic rings. The molecule has 2 atom stereocenters. The molecule has 0 fully saturated rings. The molecule has 0 heterocycles. The Morgan fingerprint density at radius 2 is 2.00 bits per heavy atom. The van der Waals surface area contributed by atoms with Crippen molar-refractivity contribution in [1.29, 1.82) is 0 Å². The van der Waals surface area contributed by atoms with E-state index in [4.69, 9.17) is 0 Å². The van der Waals surface area contributed by atoms with Crippen LogP contribution in [-0.2, 0) is 4.79 Å². The average Bonchev–Trinajstić information content (AvgIpc) is 2.37. The topological polar surface area (TPSA) is 41.1 Å². The van der Waals surface area contributed by atoms with E-state index in [0.29, 0.717) is 18.5 Å². The second-order valence-electron chi connectivity index (χ2n) is 4.58. The van der Waals surface area contributed by atoms with E-state index >= 15 is 0 Å². The van der Waals surface area contributed by atoms with Crippen LogP contribution in [0.25, 0.3) is 0 Å². The van der Waals surface area contributed by atoms with Gasteiger partial charge in [-0.05, 0) is 40.9 Å². The molecule has 18 heavy (non-hydrogen) atoms. The summed E-state index contributed by atoms with van der Waals surface area (Å²) in [6.07, 6.45) is 1.11. The highest BCUT2D eigenvalue weighted by Crippen LogP contribution is 2.20. The normalized spacial score (nSPS) is 14.0. The lowest BCUT2D eigenvalue weighted by atomic mass is 10.0. The fraction of sp³-hybridized carbons (Fsp3) is 0.500. The smallest absolute Gasteiger partial charge is 0.238 e. The minimum atomic E-state index is -0.0166. The molecular weight excluding hydrogens is 292 g/mol. The molecule has 2 N–H and O–H groups in total. The number of amides is 1. The zero-order valence-electron chi connectivity index (χ0n) is 11.2. The number of carbonyl (C=O) groups is 1. The number of benzene rings is 1. The fourth-order valence-electron chi connectivity index (χ4n) is 1.57. The van der Waals surface area contributed by atoms with Crippen LogP contribution in [0.1, 0.15) is 27.2 Å². The summed E-state index contributed by atoms with van der Waals surface area (Å²) in [5, 5.41) is 6.12. The van der Waals surface area contributed by atoms with E-state index in [0.717, 1.165) is 16.6 Å². The van der Waals surface area contributed by atoms with Crippen LogP contribution in [0.4, 0.5) is 5.69 Å². The summed E-state index contributed by atoms with van der Waals surface area (Å²) in [5.41, 5.74) is 0.806. The maximum Gasteiger partial charge on any atom is 0.238 e. The molecule has 0 bridgehead atoms. The van der Waals surface area contributed by atoms with Crippen LogP contribution >= 0.6 is 15.9 Å². The molecule has 0 aromatic heterocycles. The summed E-state index contributed by atoms with van der Waals surface area (Å²) < 4.78 is 0.897. The number of carbonyl (C=O) groups excluding carboxylic acids is 1. The van der Waals surface area contributed by atoms with Crippen LogP contribution in [0.5, 0.6) is 0 Å². The first kappa shape index (κ1) is 15.2. The Morgan fingerprint density at radius 3 is 2.61 bits per heavy atom. The van der Waals surface area contributed by atoms with Crippen molar-refractivity contribution in [2.45, 2.75) is 33.2 Å². The molecule has 100 valence electrons. The summed E-state index contributed by atoms with van der Waals surface area (Å²) in [6, 6.07) is 7.95. The summed E-state index contributed by atoms with van der Waals surface area (Å²) in [4.78, 5) is 11.8. The van der Waals surface area contributed by atoms with Crippen LogP contribution in [0.15, 0.2) is 28.7 Å². The van der Waals surface area contributed by atoms with Crippen molar-refractivity contribution in [2.24, 2.45) is 5.92 Å². The van der Waals surface area contributed by atoms with E-state index in [9.17, 15) is 4.79 Å². The van der Waals surface area contributed by atoms with Crippen LogP contribution < -0.4 is 10.6 Å². The quantitative estimate of drug-likeness (QED) is 0.845. The molecular formula is C14H21BrN2O. The van der Waals surface area contributed by atoms with Crippen molar-refractivity contribution in [3.8, 4) is 0 Å². The highest BCUT2D eigenvalue weighted by molar-refractivity contribution is 9.10. The zero-order chi connectivity index (χ0) is 13.5. The minimum Gasteiger partial charge on any atom is -0.324 e. The van der Waals surface area contributed by atoms with Crippen LogP contribution in [0.3, 0.4) is 0 Å². The van der Waals surface area contributed by atoms with Gasteiger partial charge in [0.25, 0.3) is 0 Å². The van der Waals surface area contributed by atoms with Gasteiger partial charge in [0.05, 0.1) is 12.2 Å². The second-order valence-corrected chi connectivity index (χ2v) is 5.44. The molecule has 0 aliphatic heterocycles. The number of para-hydroxylation sites is 1. The van der Waals surface area contributed by atoms with Gasteiger partial charge < -0.3 is 10.6 Å². The Morgan fingerprint density at radius 1 is 1.33 bits per heavy atom. The molecule has 0 radical (unpaired) electrons. The van der Waals surface area contributed by atoms with Crippen molar-refractivity contribution in [3.63, 3.8) is 0 Å². The van der Waals surface area contributed by atoms with Gasteiger partial charge in [-0.2, -0.15) is 0 Å². The summed E-state index contributed by atoms with van der Waals surface area (Å²) in [5.74, 6) is 0.554. The SMILES string of the molecule is CCC(C)C(C)NCC(=O)Nc1ccccc1Br. The maximum absolute atomic E-state index is 11.8. The number of anilines is 1. The highest BCUT2D eigenvalue weighted by atomic mass is 79.9. The Labute approximate surface area is 117 Å². The Bertz CT molecular complexity index is 395. The molecule has 2 unspecified atom stereocenters. The van der Waals surface area contributed by atoms with Gasteiger partial charge in [0.1, 0.15) is 0 Å². The van der Waals surface area contributed by atoms with E-state index in [1.165, 1.54) is 0 Å². The lowest BCUT2D eigenvalue weighted by Crippen LogP contribution is -2.37. The van der Waals surface area contributed by atoms with E-state index in [1.807, 2.05) is 24.3 Å². The third kappa shape index (κ3) is 4.78. The van der Waals surface area contributed by atoms with Gasteiger partial charge in [0, 0.05) is 10.5 Å². The van der Waals surface area contributed by atoms with Crippen LogP contribution in [0.2, 0.25) is 0 Å². The summed E-state index contributed by atoms with van der Waals surface area (Å²) in [7, 11) is 0. The molecule has 1 amide bonds. The molecule has 0 saturated heterocycles. The van der Waals surface area contributed by atoms with Crippen LogP contribution in [0, 0.1) is 5.92 Å². The average molecular weight is 313 g/mol. The Balaban J connectivity index is 2.41. The Hall–Kier alpha value is -0.870. The second kappa shape index (κ2) is 7.54. The van der Waals surface area contributed by atoms with Gasteiger partial charge >= 0.3 is 0 Å². The molecule has 4 heteroatoms. The third-order valence-corrected chi connectivity index (χ3v) is 3.92. The highest BCUT2D eigenvalue weighted by Gasteiger charge is 2.11. The molecule has 0 saturated carbocycles. The molecule has 1 rings (SSSR count). The Kier molecular flexibility index (Phi) is 6.36. The predicted molar refractivity (Wildman–Crippen MR) is 79.7 cm³/mol. The lowest BCUT2D eigenvalue weighted by Gasteiger charge is -2.19. The van der Waals surface area contributed by atoms with Crippen molar-refractivity contribution >= 4 is 27.5 Å². The van der Waals surface area contributed by atoms with E-state index in [1.54, 1.807) is 0 Å². The maximum atomic E-state index is 11.8. The lowest BCUT2D eigenvalue weighted by molar-refractivity contribution is -0.115. The van der Waals surface area contributed by atoms with E-state index in [2.05, 4.69) is 47.3 Å². The van der Waals surface area contributed by atoms with Crippen LogP contribution in [-0.4, -0.2) is 18.5 Å². The molecule has 0 spiro atoms. The number of rotatable bonds is 6. The standard InChI is InChI=1S/C14H21BrN2O/c1-4-10(2)11(3)16-9-14(18)17-13-8-6-5-7-12(13)15/h5-8,10-11,16H,4,9H2,1-3H3,(H,17,18). The largest absolute Gasteiger partial charge is 0.324 e. The van der Waals surface area contributed by atoms with Crippen molar-refractivity contribution in [2.75, 3.05) is 11.9 Å². The van der Waals surface area contributed by atoms with Gasteiger partial charge in [0.15, 0.2) is 0 Å². The van der Waals surface area contributed by atoms with E-state index in [-0.39, 0.29) is 5.91 Å². The number of hydrogen-bond donors (Lipinski definition) is 2. The molecule has 3 nitrogen and oxygen atoms in total. The molecule has 1 aromatic carbocycles. The molecule has 1 aromatic rings. The minimum absolute atomic E-state index is 0.0166. The van der Waals surface area contributed by atoms with Gasteiger partial charge in [-0.25, -0.2) is 0 Å². The van der Waals surface area contributed by atoms with Crippen molar-refractivity contribution < 1.29 is 4.79 Å².